The Morgan fingerprint density at radius 2 is 1.95 bits per heavy atom. The fourth-order valence-electron chi connectivity index (χ4n) is 2.38. The summed E-state index contributed by atoms with van der Waals surface area (Å²) in [5.41, 5.74) is -1.69. The van der Waals surface area contributed by atoms with Crippen molar-refractivity contribution in [2.45, 2.75) is 38.3 Å². The molecule has 0 saturated carbocycles. The maximum atomic E-state index is 11.5. The summed E-state index contributed by atoms with van der Waals surface area (Å²) in [4.78, 5) is 22.0. The van der Waals surface area contributed by atoms with Gasteiger partial charge in [0.2, 0.25) is 0 Å². The minimum absolute atomic E-state index is 0.188. The molecule has 1 fully saturated rings. The highest BCUT2D eigenvalue weighted by Crippen LogP contribution is 2.47. The second kappa shape index (κ2) is 4.53. The van der Waals surface area contributed by atoms with Gasteiger partial charge in [0.15, 0.2) is 11.4 Å². The van der Waals surface area contributed by atoms with Gasteiger partial charge in [-0.25, -0.2) is 4.79 Å². The number of para-hydroxylation sites is 1. The van der Waals surface area contributed by atoms with Crippen molar-refractivity contribution in [3.8, 4) is 0 Å². The Hall–Kier alpha value is -1.99. The van der Waals surface area contributed by atoms with E-state index in [-0.39, 0.29) is 11.3 Å². The first-order valence-corrected chi connectivity index (χ1v) is 6.02. The molecule has 1 aliphatic rings. The predicted octanol–water partition coefficient (Wildman–Crippen LogP) is 2.26. The Bertz CT molecular complexity index is 570. The molecule has 0 aliphatic carbocycles. The van der Waals surface area contributed by atoms with Crippen molar-refractivity contribution >= 4 is 11.7 Å². The van der Waals surface area contributed by atoms with Gasteiger partial charge in [-0.05, 0) is 26.8 Å². The monoisotopic (exact) mass is 281 g/mol. The quantitative estimate of drug-likeness (QED) is 0.674. The first kappa shape index (κ1) is 14.4. The Labute approximate surface area is 115 Å². The van der Waals surface area contributed by atoms with Crippen LogP contribution in [0.5, 0.6) is 0 Å². The highest BCUT2D eigenvalue weighted by atomic mass is 16.8. The van der Waals surface area contributed by atoms with E-state index < -0.39 is 28.4 Å². The molecule has 7 nitrogen and oxygen atoms in total. The first-order valence-electron chi connectivity index (χ1n) is 6.02. The van der Waals surface area contributed by atoms with E-state index in [0.29, 0.717) is 0 Å². The van der Waals surface area contributed by atoms with Gasteiger partial charge in [0, 0.05) is 6.07 Å². The number of aliphatic carboxylic acids is 1. The van der Waals surface area contributed by atoms with Crippen LogP contribution in [0.1, 0.15) is 32.4 Å². The topological polar surface area (TPSA) is 98.9 Å². The third-order valence-corrected chi connectivity index (χ3v) is 3.20. The predicted molar refractivity (Wildman–Crippen MR) is 68.1 cm³/mol. The number of nitro benzene ring substituents is 1. The summed E-state index contributed by atoms with van der Waals surface area (Å²) in [5, 5.41) is 20.5. The number of nitro groups is 1. The zero-order valence-electron chi connectivity index (χ0n) is 11.3. The molecule has 0 bridgehead atoms. The van der Waals surface area contributed by atoms with Crippen molar-refractivity contribution in [2.75, 3.05) is 0 Å². The van der Waals surface area contributed by atoms with Crippen LogP contribution in [0.2, 0.25) is 0 Å². The summed E-state index contributed by atoms with van der Waals surface area (Å²) >= 11 is 0. The number of carboxylic acid groups (broad SMARTS) is 1. The zero-order valence-corrected chi connectivity index (χ0v) is 11.3. The molecular formula is C13H15NO6. The lowest BCUT2D eigenvalue weighted by atomic mass is 9.92. The van der Waals surface area contributed by atoms with Crippen LogP contribution in [0.4, 0.5) is 5.69 Å². The van der Waals surface area contributed by atoms with E-state index in [2.05, 4.69) is 0 Å². The van der Waals surface area contributed by atoms with Crippen molar-refractivity contribution in [1.29, 1.82) is 0 Å². The zero-order chi connectivity index (χ0) is 15.1. The van der Waals surface area contributed by atoms with Crippen molar-refractivity contribution in [2.24, 2.45) is 0 Å². The second-order valence-corrected chi connectivity index (χ2v) is 5.23. The summed E-state index contributed by atoms with van der Waals surface area (Å²) < 4.78 is 11.1. The molecule has 0 radical (unpaired) electrons. The average molecular weight is 281 g/mol. The molecule has 1 aromatic rings. The summed E-state index contributed by atoms with van der Waals surface area (Å²) in [6.07, 6.45) is -1.06. The van der Waals surface area contributed by atoms with Crippen molar-refractivity contribution in [1.82, 2.24) is 0 Å². The smallest absolute Gasteiger partial charge is 0.338 e. The van der Waals surface area contributed by atoms with Crippen LogP contribution in [0.3, 0.4) is 0 Å². The number of carbonyl (C=O) groups is 1. The number of benzene rings is 1. The van der Waals surface area contributed by atoms with Crippen LogP contribution < -0.4 is 0 Å². The standard InChI is InChI=1S/C13H15NO6/c1-12(2)19-10(13(3,20-12)11(15)16)8-6-4-5-7-9(8)14(17)18/h4-7,10H,1-3H3,(H,15,16)/t10-,13+/m0/s1. The molecule has 1 saturated heterocycles. The fourth-order valence-corrected chi connectivity index (χ4v) is 2.38. The van der Waals surface area contributed by atoms with Gasteiger partial charge in [-0.15, -0.1) is 0 Å². The maximum absolute atomic E-state index is 11.5. The molecular weight excluding hydrogens is 266 g/mol. The average Bonchev–Trinajstić information content (AvgIpc) is 2.60. The summed E-state index contributed by atoms with van der Waals surface area (Å²) in [5.74, 6) is -2.37. The fraction of sp³-hybridized carbons (Fsp3) is 0.462. The van der Waals surface area contributed by atoms with E-state index in [1.807, 2.05) is 0 Å². The number of nitrogens with zero attached hydrogens (tertiary/aromatic N) is 1. The SMILES string of the molecule is CC1(C)O[C@@H](c2ccccc2[N+](=O)[O-])[C@](C)(C(=O)O)O1. The van der Waals surface area contributed by atoms with Crippen LogP contribution in [-0.2, 0) is 14.3 Å². The van der Waals surface area contributed by atoms with E-state index in [0.717, 1.165) is 0 Å². The molecule has 2 rings (SSSR count). The molecule has 1 aromatic carbocycles. The molecule has 20 heavy (non-hydrogen) atoms. The van der Waals surface area contributed by atoms with Crippen LogP contribution in [0.25, 0.3) is 0 Å². The lowest BCUT2D eigenvalue weighted by Gasteiger charge is -2.24. The summed E-state index contributed by atoms with van der Waals surface area (Å²) in [6.45, 7) is 4.50. The number of rotatable bonds is 3. The third kappa shape index (κ3) is 2.25. The molecule has 108 valence electrons. The Morgan fingerprint density at radius 1 is 1.35 bits per heavy atom. The molecule has 1 aliphatic heterocycles. The number of hydrogen-bond acceptors (Lipinski definition) is 5. The van der Waals surface area contributed by atoms with E-state index in [9.17, 15) is 20.0 Å². The number of hydrogen-bond donors (Lipinski definition) is 1. The number of carboxylic acids is 1. The molecule has 1 heterocycles. The van der Waals surface area contributed by atoms with Crippen molar-refractivity contribution < 1.29 is 24.3 Å². The molecule has 7 heteroatoms. The minimum Gasteiger partial charge on any atom is -0.479 e. The molecule has 0 unspecified atom stereocenters. The number of ether oxygens (including phenoxy) is 2. The normalized spacial score (nSPS) is 28.2. The van der Waals surface area contributed by atoms with Gasteiger partial charge in [0.1, 0.15) is 6.10 Å². The largest absolute Gasteiger partial charge is 0.479 e. The minimum atomic E-state index is -1.68. The first-order chi connectivity index (χ1) is 9.17. The van der Waals surface area contributed by atoms with Gasteiger partial charge in [-0.2, -0.15) is 0 Å². The van der Waals surface area contributed by atoms with Gasteiger partial charge in [-0.1, -0.05) is 12.1 Å². The second-order valence-electron chi connectivity index (χ2n) is 5.23. The Balaban J connectivity index is 2.56. The Morgan fingerprint density at radius 3 is 2.50 bits per heavy atom. The lowest BCUT2D eigenvalue weighted by molar-refractivity contribution is -0.386. The molecule has 2 atom stereocenters. The Kier molecular flexibility index (Phi) is 3.27. The molecule has 0 amide bonds. The molecule has 1 N–H and O–H groups in total. The highest BCUT2D eigenvalue weighted by molar-refractivity contribution is 5.79. The van der Waals surface area contributed by atoms with Crippen LogP contribution in [-0.4, -0.2) is 27.4 Å². The van der Waals surface area contributed by atoms with Crippen LogP contribution in [0.15, 0.2) is 24.3 Å². The van der Waals surface area contributed by atoms with E-state index in [1.54, 1.807) is 19.9 Å². The van der Waals surface area contributed by atoms with Crippen molar-refractivity contribution in [3.63, 3.8) is 0 Å². The van der Waals surface area contributed by atoms with E-state index >= 15 is 0 Å². The maximum Gasteiger partial charge on any atom is 0.338 e. The van der Waals surface area contributed by atoms with E-state index in [1.165, 1.54) is 25.1 Å². The van der Waals surface area contributed by atoms with Gasteiger partial charge in [0.25, 0.3) is 5.69 Å². The molecule has 0 spiro atoms. The van der Waals surface area contributed by atoms with Gasteiger partial charge < -0.3 is 14.6 Å². The summed E-state index contributed by atoms with van der Waals surface area (Å²) in [7, 11) is 0. The van der Waals surface area contributed by atoms with Crippen molar-refractivity contribution in [3.05, 3.63) is 39.9 Å². The third-order valence-electron chi connectivity index (χ3n) is 3.20. The van der Waals surface area contributed by atoms with Crippen LogP contribution >= 0.6 is 0 Å². The lowest BCUT2D eigenvalue weighted by Crippen LogP contribution is -2.41. The summed E-state index contributed by atoms with van der Waals surface area (Å²) in [6, 6.07) is 5.90. The highest BCUT2D eigenvalue weighted by Gasteiger charge is 2.57. The van der Waals surface area contributed by atoms with Gasteiger partial charge >= 0.3 is 5.97 Å². The van der Waals surface area contributed by atoms with Crippen LogP contribution in [0, 0.1) is 10.1 Å². The molecule has 0 aromatic heterocycles. The van der Waals surface area contributed by atoms with Gasteiger partial charge in [-0.3, -0.25) is 10.1 Å². The van der Waals surface area contributed by atoms with E-state index in [4.69, 9.17) is 9.47 Å². The van der Waals surface area contributed by atoms with Gasteiger partial charge in [0.05, 0.1) is 10.5 Å².